The Morgan fingerprint density at radius 3 is 2.90 bits per heavy atom. The van der Waals surface area contributed by atoms with Crippen molar-refractivity contribution in [1.29, 1.82) is 0 Å². The second-order valence-corrected chi connectivity index (χ2v) is 5.32. The molecule has 0 amide bonds. The Labute approximate surface area is 120 Å². The van der Waals surface area contributed by atoms with E-state index in [2.05, 4.69) is 10.2 Å². The van der Waals surface area contributed by atoms with Crippen LogP contribution in [0.5, 0.6) is 0 Å². The lowest BCUT2D eigenvalue weighted by atomic mass is 10.2. The van der Waals surface area contributed by atoms with Crippen LogP contribution >= 0.6 is 11.6 Å². The van der Waals surface area contributed by atoms with E-state index in [0.717, 1.165) is 6.42 Å². The summed E-state index contributed by atoms with van der Waals surface area (Å²) in [5.74, 6) is 0.836. The number of halogens is 1. The van der Waals surface area contributed by atoms with Gasteiger partial charge in [-0.3, -0.25) is 4.79 Å². The SMILES string of the molecule is CC1CC1C(=O)OCc1nnc(-c2ccccc2Cl)o1. The molecule has 2 atom stereocenters. The molecule has 1 fully saturated rings. The topological polar surface area (TPSA) is 65.2 Å². The predicted molar refractivity (Wildman–Crippen MR) is 71.8 cm³/mol. The number of rotatable bonds is 4. The molecule has 0 aliphatic heterocycles. The van der Waals surface area contributed by atoms with E-state index in [4.69, 9.17) is 20.8 Å². The molecule has 0 N–H and O–H groups in total. The molecule has 1 aromatic heterocycles. The summed E-state index contributed by atoms with van der Waals surface area (Å²) >= 11 is 6.05. The zero-order valence-corrected chi connectivity index (χ0v) is 11.6. The van der Waals surface area contributed by atoms with Gasteiger partial charge >= 0.3 is 5.97 Å². The Balaban J connectivity index is 1.65. The normalized spacial score (nSPS) is 20.7. The largest absolute Gasteiger partial charge is 0.455 e. The van der Waals surface area contributed by atoms with Crippen molar-refractivity contribution in [3.8, 4) is 11.5 Å². The van der Waals surface area contributed by atoms with Crippen molar-refractivity contribution in [2.75, 3.05) is 0 Å². The minimum Gasteiger partial charge on any atom is -0.455 e. The number of benzene rings is 1. The van der Waals surface area contributed by atoms with Crippen LogP contribution in [-0.2, 0) is 16.1 Å². The third kappa shape index (κ3) is 2.67. The number of carbonyl (C=O) groups is 1. The average molecular weight is 293 g/mol. The molecular weight excluding hydrogens is 280 g/mol. The fourth-order valence-corrected chi connectivity index (χ4v) is 2.16. The quantitative estimate of drug-likeness (QED) is 0.810. The zero-order chi connectivity index (χ0) is 14.1. The first-order chi connectivity index (χ1) is 9.65. The summed E-state index contributed by atoms with van der Waals surface area (Å²) in [5.41, 5.74) is 0.662. The lowest BCUT2D eigenvalue weighted by Gasteiger charge is -2.00. The van der Waals surface area contributed by atoms with Gasteiger partial charge in [0, 0.05) is 0 Å². The molecule has 6 heteroatoms. The Morgan fingerprint density at radius 1 is 1.45 bits per heavy atom. The second-order valence-electron chi connectivity index (χ2n) is 4.91. The fraction of sp³-hybridized carbons (Fsp3) is 0.357. The van der Waals surface area contributed by atoms with Gasteiger partial charge in [0.25, 0.3) is 5.89 Å². The maximum absolute atomic E-state index is 11.6. The van der Waals surface area contributed by atoms with Gasteiger partial charge in [0.1, 0.15) is 0 Å². The van der Waals surface area contributed by atoms with Crippen molar-refractivity contribution < 1.29 is 13.9 Å². The molecule has 1 heterocycles. The summed E-state index contributed by atoms with van der Waals surface area (Å²) in [4.78, 5) is 11.6. The standard InChI is InChI=1S/C14H13ClN2O3/c1-8-6-10(8)14(18)19-7-12-16-17-13(20-12)9-4-2-3-5-11(9)15/h2-5,8,10H,6-7H2,1H3. The fourth-order valence-electron chi connectivity index (χ4n) is 1.95. The third-order valence-electron chi connectivity index (χ3n) is 3.32. The molecule has 20 heavy (non-hydrogen) atoms. The Morgan fingerprint density at radius 2 is 2.20 bits per heavy atom. The van der Waals surface area contributed by atoms with Gasteiger partial charge in [-0.25, -0.2) is 0 Å². The Kier molecular flexibility index (Phi) is 3.44. The van der Waals surface area contributed by atoms with Crippen molar-refractivity contribution in [2.45, 2.75) is 20.0 Å². The summed E-state index contributed by atoms with van der Waals surface area (Å²) < 4.78 is 10.6. The maximum atomic E-state index is 11.6. The Hall–Kier alpha value is -1.88. The number of hydrogen-bond acceptors (Lipinski definition) is 5. The van der Waals surface area contributed by atoms with Crippen molar-refractivity contribution in [2.24, 2.45) is 11.8 Å². The summed E-state index contributed by atoms with van der Waals surface area (Å²) in [6.45, 7) is 2.02. The summed E-state index contributed by atoms with van der Waals surface area (Å²) in [5, 5.41) is 8.29. The highest BCUT2D eigenvalue weighted by atomic mass is 35.5. The van der Waals surface area contributed by atoms with E-state index in [-0.39, 0.29) is 24.4 Å². The van der Waals surface area contributed by atoms with Crippen LogP contribution in [0.3, 0.4) is 0 Å². The molecule has 104 valence electrons. The Bertz CT molecular complexity index is 641. The molecule has 5 nitrogen and oxygen atoms in total. The monoisotopic (exact) mass is 292 g/mol. The first kappa shape index (κ1) is 13.1. The van der Waals surface area contributed by atoms with Crippen LogP contribution in [0.4, 0.5) is 0 Å². The van der Waals surface area contributed by atoms with Crippen LogP contribution in [-0.4, -0.2) is 16.2 Å². The molecule has 3 rings (SSSR count). The van der Waals surface area contributed by atoms with Crippen LogP contribution in [0.15, 0.2) is 28.7 Å². The van der Waals surface area contributed by atoms with Crippen LogP contribution in [0.1, 0.15) is 19.2 Å². The summed E-state index contributed by atoms with van der Waals surface area (Å²) in [6, 6.07) is 7.19. The van der Waals surface area contributed by atoms with Gasteiger partial charge in [0.2, 0.25) is 5.89 Å². The first-order valence-electron chi connectivity index (χ1n) is 6.39. The number of ether oxygens (including phenoxy) is 1. The molecule has 0 radical (unpaired) electrons. The number of carbonyl (C=O) groups excluding carboxylic acids is 1. The predicted octanol–water partition coefficient (Wildman–Crippen LogP) is 3.09. The second kappa shape index (κ2) is 5.25. The molecule has 1 aliphatic carbocycles. The van der Waals surface area contributed by atoms with E-state index in [1.165, 1.54) is 0 Å². The molecule has 2 unspecified atom stereocenters. The number of aromatic nitrogens is 2. The van der Waals surface area contributed by atoms with Crippen molar-refractivity contribution in [1.82, 2.24) is 10.2 Å². The van der Waals surface area contributed by atoms with E-state index in [0.29, 0.717) is 22.4 Å². The maximum Gasteiger partial charge on any atom is 0.309 e. The van der Waals surface area contributed by atoms with Gasteiger partial charge in [-0.15, -0.1) is 10.2 Å². The minimum absolute atomic E-state index is 0.000490. The molecule has 1 aliphatic rings. The molecular formula is C14H13ClN2O3. The van der Waals surface area contributed by atoms with Crippen LogP contribution in [0.2, 0.25) is 5.02 Å². The molecule has 0 saturated heterocycles. The number of esters is 1. The highest BCUT2D eigenvalue weighted by Gasteiger charge is 2.40. The van der Waals surface area contributed by atoms with Crippen molar-refractivity contribution in [3.63, 3.8) is 0 Å². The van der Waals surface area contributed by atoms with Gasteiger partial charge in [0.05, 0.1) is 16.5 Å². The lowest BCUT2D eigenvalue weighted by molar-refractivity contribution is -0.147. The van der Waals surface area contributed by atoms with Gasteiger partial charge < -0.3 is 9.15 Å². The van der Waals surface area contributed by atoms with Gasteiger partial charge in [0.15, 0.2) is 6.61 Å². The molecule has 1 saturated carbocycles. The lowest BCUT2D eigenvalue weighted by Crippen LogP contribution is -2.07. The molecule has 1 aromatic carbocycles. The highest BCUT2D eigenvalue weighted by molar-refractivity contribution is 6.33. The third-order valence-corrected chi connectivity index (χ3v) is 3.65. The van der Waals surface area contributed by atoms with E-state index >= 15 is 0 Å². The van der Waals surface area contributed by atoms with E-state index < -0.39 is 0 Å². The number of nitrogens with zero attached hydrogens (tertiary/aromatic N) is 2. The van der Waals surface area contributed by atoms with Crippen LogP contribution in [0, 0.1) is 11.8 Å². The van der Waals surface area contributed by atoms with E-state index in [1.807, 2.05) is 19.1 Å². The smallest absolute Gasteiger partial charge is 0.309 e. The van der Waals surface area contributed by atoms with Gasteiger partial charge in [-0.2, -0.15) is 0 Å². The summed E-state index contributed by atoms with van der Waals surface area (Å²) in [7, 11) is 0. The average Bonchev–Trinajstić information content (AvgIpc) is 3.00. The molecule has 0 bridgehead atoms. The van der Waals surface area contributed by atoms with E-state index in [1.54, 1.807) is 12.1 Å². The van der Waals surface area contributed by atoms with E-state index in [9.17, 15) is 4.79 Å². The molecule has 0 spiro atoms. The summed E-state index contributed by atoms with van der Waals surface area (Å²) in [6.07, 6.45) is 0.896. The van der Waals surface area contributed by atoms with Gasteiger partial charge in [-0.05, 0) is 24.5 Å². The van der Waals surface area contributed by atoms with Crippen LogP contribution < -0.4 is 0 Å². The number of hydrogen-bond donors (Lipinski definition) is 0. The first-order valence-corrected chi connectivity index (χ1v) is 6.77. The molecule has 2 aromatic rings. The van der Waals surface area contributed by atoms with Crippen molar-refractivity contribution >= 4 is 17.6 Å². The van der Waals surface area contributed by atoms with Crippen molar-refractivity contribution in [3.05, 3.63) is 35.2 Å². The van der Waals surface area contributed by atoms with Gasteiger partial charge in [-0.1, -0.05) is 30.7 Å². The van der Waals surface area contributed by atoms with Crippen LogP contribution in [0.25, 0.3) is 11.5 Å². The highest BCUT2D eigenvalue weighted by Crippen LogP contribution is 2.38. The zero-order valence-electron chi connectivity index (χ0n) is 10.9. The minimum atomic E-state index is -0.199.